The number of piperidine rings is 1. The van der Waals surface area contributed by atoms with Crippen LogP contribution in [0.15, 0.2) is 24.3 Å². The summed E-state index contributed by atoms with van der Waals surface area (Å²) >= 11 is 0. The summed E-state index contributed by atoms with van der Waals surface area (Å²) in [4.78, 5) is 14.2. The molecule has 1 aromatic carbocycles. The Bertz CT molecular complexity index is 571. The first-order valence-corrected chi connectivity index (χ1v) is 8.41. The van der Waals surface area contributed by atoms with Crippen LogP contribution in [0.3, 0.4) is 0 Å². The van der Waals surface area contributed by atoms with E-state index in [1.807, 2.05) is 11.8 Å². The minimum Gasteiger partial charge on any atom is -0.450 e. The monoisotopic (exact) mass is 301 g/mol. The van der Waals surface area contributed by atoms with Gasteiger partial charge in [-0.05, 0) is 37.3 Å². The van der Waals surface area contributed by atoms with Crippen molar-refractivity contribution >= 4 is 6.09 Å². The number of hydrogen-bond acceptors (Lipinski definition) is 3. The van der Waals surface area contributed by atoms with Gasteiger partial charge in [0, 0.05) is 24.9 Å². The van der Waals surface area contributed by atoms with Crippen LogP contribution in [0, 0.1) is 0 Å². The molecule has 3 heterocycles. The third-order valence-electron chi connectivity index (χ3n) is 5.49. The van der Waals surface area contributed by atoms with Crippen LogP contribution >= 0.6 is 0 Å². The molecule has 0 aromatic heterocycles. The SMILES string of the molecule is CCOC(=O)N1C2CCC1CC1(C2)OCCc2ccccc21. The fourth-order valence-corrected chi connectivity index (χ4v) is 4.66. The van der Waals surface area contributed by atoms with Gasteiger partial charge in [-0.3, -0.25) is 0 Å². The highest BCUT2D eigenvalue weighted by Gasteiger charge is 2.53. The topological polar surface area (TPSA) is 38.8 Å². The standard InChI is InChI=1S/C18H23NO3/c1-2-21-17(20)19-14-7-8-15(19)12-18(11-14)16-6-4-3-5-13(16)9-10-22-18/h3-6,14-15H,2,7-12H2,1H3. The Hall–Kier alpha value is -1.55. The molecule has 2 atom stereocenters. The fraction of sp³-hybridized carbons (Fsp3) is 0.611. The molecule has 4 heteroatoms. The summed E-state index contributed by atoms with van der Waals surface area (Å²) in [5.41, 5.74) is 2.57. The highest BCUT2D eigenvalue weighted by atomic mass is 16.6. The van der Waals surface area contributed by atoms with Gasteiger partial charge < -0.3 is 14.4 Å². The Morgan fingerprint density at radius 2 is 2.05 bits per heavy atom. The van der Waals surface area contributed by atoms with Gasteiger partial charge in [0.15, 0.2) is 0 Å². The van der Waals surface area contributed by atoms with E-state index in [2.05, 4.69) is 24.3 Å². The molecule has 22 heavy (non-hydrogen) atoms. The Balaban J connectivity index is 1.65. The van der Waals surface area contributed by atoms with E-state index in [4.69, 9.17) is 9.47 Å². The van der Waals surface area contributed by atoms with E-state index >= 15 is 0 Å². The van der Waals surface area contributed by atoms with Crippen LogP contribution in [0.4, 0.5) is 4.79 Å². The lowest BCUT2D eigenvalue weighted by Crippen LogP contribution is -2.54. The second-order valence-corrected chi connectivity index (χ2v) is 6.65. The van der Waals surface area contributed by atoms with Gasteiger partial charge in [-0.25, -0.2) is 4.79 Å². The van der Waals surface area contributed by atoms with Gasteiger partial charge in [0.2, 0.25) is 0 Å². The van der Waals surface area contributed by atoms with E-state index in [0.717, 1.165) is 38.7 Å². The van der Waals surface area contributed by atoms with Crippen LogP contribution in [0.2, 0.25) is 0 Å². The van der Waals surface area contributed by atoms with E-state index in [1.54, 1.807) is 0 Å². The van der Waals surface area contributed by atoms with Crippen LogP contribution in [0.1, 0.15) is 43.7 Å². The van der Waals surface area contributed by atoms with Gasteiger partial charge in [-0.1, -0.05) is 24.3 Å². The fourth-order valence-electron chi connectivity index (χ4n) is 4.66. The second-order valence-electron chi connectivity index (χ2n) is 6.65. The Kier molecular flexibility index (Phi) is 3.37. The normalized spacial score (nSPS) is 32.9. The zero-order valence-corrected chi connectivity index (χ0v) is 13.1. The van der Waals surface area contributed by atoms with Gasteiger partial charge in [0.05, 0.1) is 18.8 Å². The molecule has 4 rings (SSSR count). The molecule has 0 aliphatic carbocycles. The predicted molar refractivity (Wildman–Crippen MR) is 82.7 cm³/mol. The number of nitrogens with zero attached hydrogens (tertiary/aromatic N) is 1. The first kappa shape index (κ1) is 14.1. The van der Waals surface area contributed by atoms with Crippen molar-refractivity contribution in [2.24, 2.45) is 0 Å². The van der Waals surface area contributed by atoms with Crippen molar-refractivity contribution in [2.75, 3.05) is 13.2 Å². The number of carbonyl (C=O) groups excluding carboxylic acids is 1. The molecule has 3 aliphatic rings. The number of benzene rings is 1. The molecule has 4 nitrogen and oxygen atoms in total. The van der Waals surface area contributed by atoms with Gasteiger partial charge in [-0.2, -0.15) is 0 Å². The quantitative estimate of drug-likeness (QED) is 0.799. The smallest absolute Gasteiger partial charge is 0.410 e. The molecule has 1 aromatic rings. The van der Waals surface area contributed by atoms with Crippen LogP contribution in [0.25, 0.3) is 0 Å². The van der Waals surface area contributed by atoms with E-state index in [0.29, 0.717) is 6.61 Å². The number of amides is 1. The summed E-state index contributed by atoms with van der Waals surface area (Å²) in [6.45, 7) is 3.10. The van der Waals surface area contributed by atoms with Gasteiger partial charge in [-0.15, -0.1) is 0 Å². The molecule has 2 bridgehead atoms. The number of hydrogen-bond donors (Lipinski definition) is 0. The molecular weight excluding hydrogens is 278 g/mol. The van der Waals surface area contributed by atoms with E-state index < -0.39 is 0 Å². The molecular formula is C18H23NO3. The molecule has 1 amide bonds. The number of rotatable bonds is 1. The minimum atomic E-state index is -0.191. The third kappa shape index (κ3) is 2.04. The molecule has 118 valence electrons. The van der Waals surface area contributed by atoms with E-state index in [-0.39, 0.29) is 23.8 Å². The minimum absolute atomic E-state index is 0.144. The first-order chi connectivity index (χ1) is 10.7. The molecule has 2 saturated heterocycles. The van der Waals surface area contributed by atoms with Gasteiger partial charge >= 0.3 is 6.09 Å². The molecule has 0 N–H and O–H groups in total. The molecule has 0 radical (unpaired) electrons. The van der Waals surface area contributed by atoms with Crippen molar-refractivity contribution in [3.8, 4) is 0 Å². The summed E-state index contributed by atoms with van der Waals surface area (Å²) in [6.07, 6.45) is 4.79. The van der Waals surface area contributed by atoms with Crippen LogP contribution in [-0.4, -0.2) is 36.3 Å². The maximum absolute atomic E-state index is 12.2. The highest BCUT2D eigenvalue weighted by molar-refractivity contribution is 5.69. The zero-order valence-electron chi connectivity index (χ0n) is 13.1. The van der Waals surface area contributed by atoms with Crippen LogP contribution in [0.5, 0.6) is 0 Å². The number of ether oxygens (including phenoxy) is 2. The summed E-state index contributed by atoms with van der Waals surface area (Å²) in [6, 6.07) is 9.16. The summed E-state index contributed by atoms with van der Waals surface area (Å²) in [5.74, 6) is 0. The molecule has 2 unspecified atom stereocenters. The third-order valence-corrected chi connectivity index (χ3v) is 5.49. The average Bonchev–Trinajstić information content (AvgIpc) is 2.81. The number of fused-ring (bicyclic) bond motifs is 4. The maximum Gasteiger partial charge on any atom is 0.410 e. The summed E-state index contributed by atoms with van der Waals surface area (Å²) in [7, 11) is 0. The van der Waals surface area contributed by atoms with Crippen LogP contribution in [-0.2, 0) is 21.5 Å². The van der Waals surface area contributed by atoms with Crippen molar-refractivity contribution in [3.05, 3.63) is 35.4 Å². The molecule has 2 fully saturated rings. The molecule has 0 saturated carbocycles. The lowest BCUT2D eigenvalue weighted by molar-refractivity contribution is -0.113. The maximum atomic E-state index is 12.2. The predicted octanol–water partition coefficient (Wildman–Crippen LogP) is 3.24. The van der Waals surface area contributed by atoms with Gasteiger partial charge in [0.1, 0.15) is 0 Å². The van der Waals surface area contributed by atoms with Crippen molar-refractivity contribution < 1.29 is 14.3 Å². The summed E-state index contributed by atoms with van der Waals surface area (Å²) in [5, 5.41) is 0. The lowest BCUT2D eigenvalue weighted by atomic mass is 9.76. The Morgan fingerprint density at radius 3 is 2.77 bits per heavy atom. The van der Waals surface area contributed by atoms with Crippen molar-refractivity contribution in [1.29, 1.82) is 0 Å². The average molecular weight is 301 g/mol. The first-order valence-electron chi connectivity index (χ1n) is 8.41. The Labute approximate surface area is 131 Å². The van der Waals surface area contributed by atoms with E-state index in [1.165, 1.54) is 11.1 Å². The van der Waals surface area contributed by atoms with Crippen LogP contribution < -0.4 is 0 Å². The molecule has 1 spiro atoms. The highest BCUT2D eigenvalue weighted by Crippen LogP contribution is 2.50. The zero-order chi connectivity index (χ0) is 15.2. The molecule has 3 aliphatic heterocycles. The van der Waals surface area contributed by atoms with Crippen molar-refractivity contribution in [1.82, 2.24) is 4.90 Å². The van der Waals surface area contributed by atoms with Crippen molar-refractivity contribution in [3.63, 3.8) is 0 Å². The number of carbonyl (C=O) groups is 1. The summed E-state index contributed by atoms with van der Waals surface area (Å²) < 4.78 is 11.6. The Morgan fingerprint density at radius 1 is 1.32 bits per heavy atom. The van der Waals surface area contributed by atoms with Crippen molar-refractivity contribution in [2.45, 2.75) is 56.7 Å². The largest absolute Gasteiger partial charge is 0.450 e. The lowest BCUT2D eigenvalue weighted by Gasteiger charge is -2.48. The van der Waals surface area contributed by atoms with Gasteiger partial charge in [0.25, 0.3) is 0 Å². The second kappa shape index (κ2) is 5.27. The van der Waals surface area contributed by atoms with E-state index in [9.17, 15) is 4.79 Å².